The van der Waals surface area contributed by atoms with Gasteiger partial charge in [-0.15, -0.1) is 0 Å². The van der Waals surface area contributed by atoms with Crippen molar-refractivity contribution in [3.63, 3.8) is 0 Å². The fourth-order valence-corrected chi connectivity index (χ4v) is 7.87. The fraction of sp³-hybridized carbons (Fsp3) is 0.0426. The van der Waals surface area contributed by atoms with Gasteiger partial charge in [0.25, 0.3) is 0 Å². The molecule has 1 unspecified atom stereocenters. The van der Waals surface area contributed by atoms with Crippen molar-refractivity contribution in [2.24, 2.45) is 0 Å². The molecule has 0 saturated heterocycles. The monoisotopic (exact) mass is 721 g/mol. The quantitative estimate of drug-likeness (QED) is 0.168. The minimum Gasteiger partial charge on any atom is -0.307 e. The molecule has 5 aromatic carbocycles. The van der Waals surface area contributed by atoms with Crippen LogP contribution >= 0.6 is 0 Å². The number of para-hydroxylation sites is 3. The van der Waals surface area contributed by atoms with E-state index in [0.717, 1.165) is 61.7 Å². The average molecular weight is 722 g/mol. The summed E-state index contributed by atoms with van der Waals surface area (Å²) in [5.74, 6) is 2.85. The van der Waals surface area contributed by atoms with Gasteiger partial charge in [-0.25, -0.2) is 24.9 Å². The Labute approximate surface area is 321 Å². The van der Waals surface area contributed by atoms with Crippen LogP contribution in [0, 0.1) is 0 Å². The first-order chi connectivity index (χ1) is 27.8. The number of nitrogens with zero attached hydrogens (tertiary/aromatic N) is 9. The van der Waals surface area contributed by atoms with Crippen molar-refractivity contribution in [2.75, 3.05) is 0 Å². The smallest absolute Gasteiger partial charge is 0.238 e. The molecule has 1 aliphatic rings. The second kappa shape index (κ2) is 13.0. The summed E-state index contributed by atoms with van der Waals surface area (Å²) in [5.41, 5.74) is 7.49. The zero-order valence-electron chi connectivity index (χ0n) is 30.0. The summed E-state index contributed by atoms with van der Waals surface area (Å²) < 4.78 is 4.52. The molecule has 0 N–H and O–H groups in total. The highest BCUT2D eigenvalue weighted by molar-refractivity contribution is 6.23. The topological polar surface area (TPSA) is 100 Å². The second-order valence-corrected chi connectivity index (χ2v) is 13.8. The molecule has 0 amide bonds. The lowest BCUT2D eigenvalue weighted by Gasteiger charge is -2.14. The van der Waals surface area contributed by atoms with Crippen LogP contribution < -0.4 is 0 Å². The third-order valence-electron chi connectivity index (χ3n) is 10.5. The van der Waals surface area contributed by atoms with Gasteiger partial charge in [0, 0.05) is 63.5 Å². The van der Waals surface area contributed by atoms with Crippen LogP contribution in [0.3, 0.4) is 0 Å². The van der Waals surface area contributed by atoms with Crippen molar-refractivity contribution in [2.45, 2.75) is 12.3 Å². The number of benzene rings is 5. The number of fused-ring (bicyclic) bond motifs is 7. The maximum absolute atomic E-state index is 5.23. The highest BCUT2D eigenvalue weighted by Crippen LogP contribution is 2.41. The molecule has 9 heteroatoms. The third-order valence-corrected chi connectivity index (χ3v) is 10.5. The van der Waals surface area contributed by atoms with Crippen molar-refractivity contribution < 1.29 is 0 Å². The molecule has 1 atom stereocenters. The van der Waals surface area contributed by atoms with Crippen LogP contribution in [0.4, 0.5) is 0 Å². The Hall–Kier alpha value is -7.65. The molecule has 0 fully saturated rings. The first kappa shape index (κ1) is 31.8. The standard InChI is InChI=1S/C47H31N9/c1-4-14-30(15-5-1)43-48-26-32(27-49-43)45-52-46(33-28-50-44(51-29-33)31-16-6-2-7-17-31)54-47(53-45)56-40-23-13-11-21-36(40)38-25-24-37-35-20-10-12-22-39(35)55(41(37)42(38)56)34-18-8-3-9-19-34/h1-16,18-29,31H,17H2. The highest BCUT2D eigenvalue weighted by atomic mass is 15.2. The second-order valence-electron chi connectivity index (χ2n) is 13.8. The molecule has 0 spiro atoms. The molecule has 264 valence electrons. The van der Waals surface area contributed by atoms with E-state index in [4.69, 9.17) is 34.9 Å². The van der Waals surface area contributed by atoms with E-state index in [2.05, 4.69) is 112 Å². The van der Waals surface area contributed by atoms with Gasteiger partial charge in [-0.1, -0.05) is 121 Å². The fourth-order valence-electron chi connectivity index (χ4n) is 7.87. The zero-order valence-corrected chi connectivity index (χ0v) is 30.0. The van der Waals surface area contributed by atoms with Crippen LogP contribution in [0.25, 0.3) is 89.4 Å². The van der Waals surface area contributed by atoms with Gasteiger partial charge in [0.15, 0.2) is 17.5 Å². The molecule has 0 aliphatic heterocycles. The summed E-state index contributed by atoms with van der Waals surface area (Å²) in [6, 6.07) is 41.9. The van der Waals surface area contributed by atoms with Gasteiger partial charge in [-0.3, -0.25) is 4.57 Å². The van der Waals surface area contributed by atoms with Gasteiger partial charge >= 0.3 is 0 Å². The number of hydrogen-bond donors (Lipinski definition) is 0. The largest absolute Gasteiger partial charge is 0.307 e. The van der Waals surface area contributed by atoms with Crippen LogP contribution in [0.5, 0.6) is 0 Å². The first-order valence-corrected chi connectivity index (χ1v) is 18.6. The van der Waals surface area contributed by atoms with Crippen molar-refractivity contribution in [1.29, 1.82) is 0 Å². The maximum atomic E-state index is 5.23. The van der Waals surface area contributed by atoms with Crippen molar-refractivity contribution >= 4 is 43.6 Å². The number of allylic oxidation sites excluding steroid dienone is 4. The molecule has 0 bridgehead atoms. The van der Waals surface area contributed by atoms with Crippen LogP contribution in [-0.2, 0) is 0 Å². The van der Waals surface area contributed by atoms with Gasteiger partial charge in [-0.05, 0) is 30.7 Å². The van der Waals surface area contributed by atoms with Crippen molar-refractivity contribution in [1.82, 2.24) is 44.0 Å². The van der Waals surface area contributed by atoms with E-state index in [1.807, 2.05) is 54.9 Å². The molecule has 0 saturated carbocycles. The molecule has 1 aliphatic carbocycles. The molecule has 56 heavy (non-hydrogen) atoms. The predicted molar refractivity (Wildman–Crippen MR) is 222 cm³/mol. The molecule has 5 aromatic heterocycles. The third kappa shape index (κ3) is 5.20. The molecular formula is C47H31N9. The molecule has 11 rings (SSSR count). The van der Waals surface area contributed by atoms with E-state index in [-0.39, 0.29) is 5.92 Å². The summed E-state index contributed by atoms with van der Waals surface area (Å²) in [6.07, 6.45) is 16.4. The number of hydrogen-bond acceptors (Lipinski definition) is 7. The summed E-state index contributed by atoms with van der Waals surface area (Å²) in [7, 11) is 0. The first-order valence-electron chi connectivity index (χ1n) is 18.6. The average Bonchev–Trinajstić information content (AvgIpc) is 3.80. The molecule has 9 nitrogen and oxygen atoms in total. The van der Waals surface area contributed by atoms with Crippen LogP contribution in [0.15, 0.2) is 170 Å². The van der Waals surface area contributed by atoms with Crippen LogP contribution in [0.2, 0.25) is 0 Å². The van der Waals surface area contributed by atoms with Crippen molar-refractivity contribution in [3.05, 3.63) is 176 Å². The summed E-state index contributed by atoms with van der Waals surface area (Å²) in [6.45, 7) is 0. The van der Waals surface area contributed by atoms with E-state index in [9.17, 15) is 0 Å². The minimum absolute atomic E-state index is 0.121. The molecule has 5 heterocycles. The molecule has 0 radical (unpaired) electrons. The molecule has 10 aromatic rings. The minimum atomic E-state index is 0.121. The Morgan fingerprint density at radius 1 is 0.446 bits per heavy atom. The lowest BCUT2D eigenvalue weighted by molar-refractivity contribution is 0.771. The van der Waals surface area contributed by atoms with E-state index >= 15 is 0 Å². The predicted octanol–water partition coefficient (Wildman–Crippen LogP) is 10.2. The normalized spacial score (nSPS) is 14.0. The molecular weight excluding hydrogens is 691 g/mol. The Morgan fingerprint density at radius 2 is 1.00 bits per heavy atom. The Kier molecular flexibility index (Phi) is 7.41. The van der Waals surface area contributed by atoms with Gasteiger partial charge in [-0.2, -0.15) is 9.97 Å². The lowest BCUT2D eigenvalue weighted by atomic mass is 10.0. The van der Waals surface area contributed by atoms with E-state index in [1.165, 1.54) is 5.39 Å². The zero-order chi connectivity index (χ0) is 37.0. The Balaban J connectivity index is 1.19. The van der Waals surface area contributed by atoms with Gasteiger partial charge in [0.1, 0.15) is 5.82 Å². The van der Waals surface area contributed by atoms with Crippen molar-refractivity contribution in [3.8, 4) is 45.8 Å². The summed E-state index contributed by atoms with van der Waals surface area (Å²) >= 11 is 0. The van der Waals surface area contributed by atoms with E-state index < -0.39 is 0 Å². The Morgan fingerprint density at radius 3 is 1.62 bits per heavy atom. The number of rotatable bonds is 6. The van der Waals surface area contributed by atoms with Gasteiger partial charge < -0.3 is 4.57 Å². The van der Waals surface area contributed by atoms with Crippen LogP contribution in [-0.4, -0.2) is 44.0 Å². The van der Waals surface area contributed by atoms with Crippen LogP contribution in [0.1, 0.15) is 18.2 Å². The van der Waals surface area contributed by atoms with Gasteiger partial charge in [0.05, 0.1) is 33.2 Å². The summed E-state index contributed by atoms with van der Waals surface area (Å²) in [4.78, 5) is 34.5. The Bertz CT molecular complexity index is 3150. The van der Waals surface area contributed by atoms with Gasteiger partial charge in [0.2, 0.25) is 5.95 Å². The van der Waals surface area contributed by atoms with E-state index in [1.54, 1.807) is 12.4 Å². The van der Waals surface area contributed by atoms with E-state index in [0.29, 0.717) is 34.5 Å². The highest BCUT2D eigenvalue weighted by Gasteiger charge is 2.24. The lowest BCUT2D eigenvalue weighted by Crippen LogP contribution is -2.08. The number of aromatic nitrogens is 9. The SMILES string of the molecule is C1=CCC(c2ncc(-c3nc(-c4cnc(-c5ccccc5)nc4)nc(-n4c5ccccc5c5ccc6c7ccccc7n(-c7ccccc7)c6c54)n3)cn2)C=C1. The maximum Gasteiger partial charge on any atom is 0.238 e. The summed E-state index contributed by atoms with van der Waals surface area (Å²) in [5, 5.41) is 4.49.